The normalized spacial score (nSPS) is 12.9. The standard InChI is InChI=1S/C13H18BrF2NO/c1-2-12(10-4-3-5-11(14)8-10)17-6-7-18-9-13(15)16/h3-5,8,12-13,17H,2,6-7,9H2,1H3. The van der Waals surface area contributed by atoms with Gasteiger partial charge < -0.3 is 10.1 Å². The fourth-order valence-electron chi connectivity index (χ4n) is 1.70. The number of hydrogen-bond donors (Lipinski definition) is 1. The van der Waals surface area contributed by atoms with Gasteiger partial charge >= 0.3 is 0 Å². The highest BCUT2D eigenvalue weighted by molar-refractivity contribution is 9.10. The Morgan fingerprint density at radius 2 is 2.17 bits per heavy atom. The summed E-state index contributed by atoms with van der Waals surface area (Å²) in [6.45, 7) is 2.46. The predicted octanol–water partition coefficient (Wildman–Crippen LogP) is 3.77. The lowest BCUT2D eigenvalue weighted by Gasteiger charge is -2.17. The fraction of sp³-hybridized carbons (Fsp3) is 0.538. The van der Waals surface area contributed by atoms with E-state index in [1.54, 1.807) is 0 Å². The number of ether oxygens (including phenoxy) is 1. The molecule has 0 bridgehead atoms. The van der Waals surface area contributed by atoms with Crippen molar-refractivity contribution in [2.24, 2.45) is 0 Å². The topological polar surface area (TPSA) is 21.3 Å². The van der Waals surface area contributed by atoms with Gasteiger partial charge in [0.25, 0.3) is 6.43 Å². The van der Waals surface area contributed by atoms with E-state index < -0.39 is 13.0 Å². The molecule has 18 heavy (non-hydrogen) atoms. The van der Waals surface area contributed by atoms with Crippen LogP contribution in [-0.4, -0.2) is 26.2 Å². The van der Waals surface area contributed by atoms with E-state index in [9.17, 15) is 8.78 Å². The molecule has 1 unspecified atom stereocenters. The summed E-state index contributed by atoms with van der Waals surface area (Å²) in [5, 5.41) is 3.30. The quantitative estimate of drug-likeness (QED) is 0.736. The summed E-state index contributed by atoms with van der Waals surface area (Å²) < 4.78 is 29.6. The highest BCUT2D eigenvalue weighted by Gasteiger charge is 2.08. The molecule has 0 aromatic heterocycles. The zero-order valence-corrected chi connectivity index (χ0v) is 11.9. The minimum absolute atomic E-state index is 0.220. The summed E-state index contributed by atoms with van der Waals surface area (Å²) in [7, 11) is 0. The van der Waals surface area contributed by atoms with Crippen LogP contribution < -0.4 is 5.32 Å². The summed E-state index contributed by atoms with van der Waals surface area (Å²) in [6, 6.07) is 8.28. The van der Waals surface area contributed by atoms with Crippen molar-refractivity contribution < 1.29 is 13.5 Å². The average molecular weight is 322 g/mol. The molecule has 0 aliphatic carbocycles. The van der Waals surface area contributed by atoms with Gasteiger partial charge in [0.1, 0.15) is 6.61 Å². The van der Waals surface area contributed by atoms with Crippen LogP contribution in [0, 0.1) is 0 Å². The van der Waals surface area contributed by atoms with Gasteiger partial charge in [0.05, 0.1) is 6.61 Å². The summed E-state index contributed by atoms with van der Waals surface area (Å²) in [5.74, 6) is 0. The van der Waals surface area contributed by atoms with Crippen molar-refractivity contribution in [2.45, 2.75) is 25.8 Å². The maximum atomic E-state index is 11.8. The summed E-state index contributed by atoms with van der Waals surface area (Å²) in [5.41, 5.74) is 1.18. The van der Waals surface area contributed by atoms with Gasteiger partial charge in [-0.05, 0) is 24.1 Å². The number of halogens is 3. The maximum absolute atomic E-state index is 11.8. The van der Waals surface area contributed by atoms with E-state index in [2.05, 4.69) is 34.2 Å². The third-order valence-electron chi connectivity index (χ3n) is 2.54. The molecule has 0 fully saturated rings. The Labute approximate surface area is 115 Å². The predicted molar refractivity (Wildman–Crippen MR) is 72.0 cm³/mol. The second-order valence-corrected chi connectivity index (χ2v) is 4.85. The Balaban J connectivity index is 2.34. The summed E-state index contributed by atoms with van der Waals surface area (Å²) >= 11 is 3.43. The SMILES string of the molecule is CCC(NCCOCC(F)F)c1cccc(Br)c1. The summed E-state index contributed by atoms with van der Waals surface area (Å²) in [6.07, 6.45) is -1.46. The molecule has 0 radical (unpaired) electrons. The van der Waals surface area contributed by atoms with Crippen LogP contribution >= 0.6 is 15.9 Å². The van der Waals surface area contributed by atoms with E-state index in [0.29, 0.717) is 13.2 Å². The molecule has 1 rings (SSSR count). The van der Waals surface area contributed by atoms with Crippen molar-refractivity contribution in [3.05, 3.63) is 34.3 Å². The van der Waals surface area contributed by atoms with Gasteiger partial charge in [0, 0.05) is 17.1 Å². The first-order chi connectivity index (χ1) is 8.63. The minimum atomic E-state index is -2.39. The first-order valence-corrected chi connectivity index (χ1v) is 6.77. The van der Waals surface area contributed by atoms with Gasteiger partial charge in [0.15, 0.2) is 0 Å². The zero-order valence-electron chi connectivity index (χ0n) is 10.3. The molecule has 0 aliphatic rings. The Morgan fingerprint density at radius 3 is 2.78 bits per heavy atom. The van der Waals surface area contributed by atoms with Crippen LogP contribution in [-0.2, 0) is 4.74 Å². The molecule has 1 atom stereocenters. The van der Waals surface area contributed by atoms with Crippen molar-refractivity contribution in [3.8, 4) is 0 Å². The van der Waals surface area contributed by atoms with Gasteiger partial charge in [-0.2, -0.15) is 0 Å². The molecule has 0 saturated heterocycles. The lowest BCUT2D eigenvalue weighted by Crippen LogP contribution is -2.25. The summed E-state index contributed by atoms with van der Waals surface area (Å²) in [4.78, 5) is 0. The zero-order chi connectivity index (χ0) is 13.4. The van der Waals surface area contributed by atoms with Gasteiger partial charge in [-0.1, -0.05) is 35.0 Å². The molecule has 102 valence electrons. The van der Waals surface area contributed by atoms with Crippen LogP contribution in [0.1, 0.15) is 24.9 Å². The molecule has 0 aliphatic heterocycles. The maximum Gasteiger partial charge on any atom is 0.261 e. The van der Waals surface area contributed by atoms with Gasteiger partial charge in [-0.15, -0.1) is 0 Å². The van der Waals surface area contributed by atoms with Gasteiger partial charge in [-0.25, -0.2) is 8.78 Å². The number of benzene rings is 1. The van der Waals surface area contributed by atoms with Crippen molar-refractivity contribution >= 4 is 15.9 Å². The number of nitrogens with one attached hydrogen (secondary N) is 1. The van der Waals surface area contributed by atoms with Crippen LogP contribution in [0.2, 0.25) is 0 Å². The molecule has 0 heterocycles. The number of hydrogen-bond acceptors (Lipinski definition) is 2. The third kappa shape index (κ3) is 5.89. The van der Waals surface area contributed by atoms with Crippen LogP contribution in [0.15, 0.2) is 28.7 Å². The largest absolute Gasteiger partial charge is 0.374 e. The molecular weight excluding hydrogens is 304 g/mol. The molecule has 1 aromatic rings. The van der Waals surface area contributed by atoms with Crippen molar-refractivity contribution in [3.63, 3.8) is 0 Å². The number of rotatable bonds is 8. The lowest BCUT2D eigenvalue weighted by atomic mass is 10.1. The second kappa shape index (κ2) is 8.56. The van der Waals surface area contributed by atoms with Gasteiger partial charge in [-0.3, -0.25) is 0 Å². The van der Waals surface area contributed by atoms with E-state index in [1.807, 2.05) is 18.2 Å². The van der Waals surface area contributed by atoms with E-state index in [-0.39, 0.29) is 6.04 Å². The van der Waals surface area contributed by atoms with E-state index >= 15 is 0 Å². The second-order valence-electron chi connectivity index (χ2n) is 3.94. The lowest BCUT2D eigenvalue weighted by molar-refractivity contribution is 0.0181. The first kappa shape index (κ1) is 15.5. The van der Waals surface area contributed by atoms with Crippen molar-refractivity contribution in [1.29, 1.82) is 0 Å². The van der Waals surface area contributed by atoms with Crippen LogP contribution in [0.3, 0.4) is 0 Å². The molecule has 0 saturated carbocycles. The van der Waals surface area contributed by atoms with Crippen molar-refractivity contribution in [2.75, 3.05) is 19.8 Å². The molecule has 2 nitrogen and oxygen atoms in total. The van der Waals surface area contributed by atoms with Crippen molar-refractivity contribution in [1.82, 2.24) is 5.32 Å². The highest BCUT2D eigenvalue weighted by Crippen LogP contribution is 2.20. The van der Waals surface area contributed by atoms with E-state index in [4.69, 9.17) is 4.74 Å². The smallest absolute Gasteiger partial charge is 0.261 e. The molecule has 1 aromatic carbocycles. The monoisotopic (exact) mass is 321 g/mol. The average Bonchev–Trinajstić information content (AvgIpc) is 2.33. The first-order valence-electron chi connectivity index (χ1n) is 5.98. The molecule has 5 heteroatoms. The number of alkyl halides is 2. The minimum Gasteiger partial charge on any atom is -0.374 e. The molecule has 1 N–H and O–H groups in total. The van der Waals surface area contributed by atoms with E-state index in [1.165, 1.54) is 5.56 Å². The van der Waals surface area contributed by atoms with Gasteiger partial charge in [0.2, 0.25) is 0 Å². The van der Waals surface area contributed by atoms with Crippen LogP contribution in [0.4, 0.5) is 8.78 Å². The Bertz CT molecular complexity index is 350. The molecular formula is C13H18BrF2NO. The van der Waals surface area contributed by atoms with Crippen LogP contribution in [0.5, 0.6) is 0 Å². The highest BCUT2D eigenvalue weighted by atomic mass is 79.9. The third-order valence-corrected chi connectivity index (χ3v) is 3.03. The Kier molecular flexibility index (Phi) is 7.39. The Hall–Kier alpha value is -0.520. The fourth-order valence-corrected chi connectivity index (χ4v) is 2.12. The van der Waals surface area contributed by atoms with E-state index in [0.717, 1.165) is 10.9 Å². The molecule has 0 amide bonds. The Morgan fingerprint density at radius 1 is 1.39 bits per heavy atom. The van der Waals surface area contributed by atoms with Crippen LogP contribution in [0.25, 0.3) is 0 Å². The molecule has 0 spiro atoms.